The molecule has 28 heavy (non-hydrogen) atoms. The van der Waals surface area contributed by atoms with E-state index in [2.05, 4.69) is 15.3 Å². The summed E-state index contributed by atoms with van der Waals surface area (Å²) >= 11 is 0. The lowest BCUT2D eigenvalue weighted by atomic mass is 9.98. The van der Waals surface area contributed by atoms with E-state index in [0.29, 0.717) is 24.7 Å². The highest BCUT2D eigenvalue weighted by molar-refractivity contribution is 5.81. The van der Waals surface area contributed by atoms with Crippen LogP contribution in [0.2, 0.25) is 0 Å². The highest BCUT2D eigenvalue weighted by Gasteiger charge is 2.30. The monoisotopic (exact) mass is 402 g/mol. The predicted molar refractivity (Wildman–Crippen MR) is 96.9 cm³/mol. The fourth-order valence-corrected chi connectivity index (χ4v) is 2.97. The Balaban J connectivity index is 1.98. The van der Waals surface area contributed by atoms with E-state index in [0.717, 1.165) is 19.4 Å². The Kier molecular flexibility index (Phi) is 7.89. The number of hydrogen-bond donors (Lipinski definition) is 1. The quantitative estimate of drug-likeness (QED) is 0.447. The third-order valence-electron chi connectivity index (χ3n) is 4.21. The van der Waals surface area contributed by atoms with Gasteiger partial charge in [0.2, 0.25) is 5.88 Å². The number of nitrogens with zero attached hydrogens (tertiary/aromatic N) is 3. The van der Waals surface area contributed by atoms with Crippen LogP contribution in [-0.2, 0) is 16.1 Å². The van der Waals surface area contributed by atoms with E-state index in [1.165, 1.54) is 6.20 Å². The highest BCUT2D eigenvalue weighted by atomic mass is 19.4. The molecule has 0 aromatic carbocycles. The average molecular weight is 402 g/mol. The van der Waals surface area contributed by atoms with E-state index in [1.54, 1.807) is 26.1 Å². The number of alkyl halides is 3. The van der Waals surface area contributed by atoms with Crippen LogP contribution in [0.1, 0.15) is 25.3 Å². The Morgan fingerprint density at radius 2 is 2.25 bits per heavy atom. The van der Waals surface area contributed by atoms with Gasteiger partial charge in [0, 0.05) is 38.4 Å². The van der Waals surface area contributed by atoms with Crippen molar-refractivity contribution in [3.05, 3.63) is 23.9 Å². The van der Waals surface area contributed by atoms with E-state index in [-0.39, 0.29) is 24.3 Å². The van der Waals surface area contributed by atoms with E-state index >= 15 is 0 Å². The number of ether oxygens (including phenoxy) is 2. The maximum Gasteiger partial charge on any atom is 0.422 e. The van der Waals surface area contributed by atoms with Crippen molar-refractivity contribution in [3.8, 4) is 5.88 Å². The zero-order valence-corrected chi connectivity index (χ0v) is 16.0. The van der Waals surface area contributed by atoms with Gasteiger partial charge in [0.15, 0.2) is 12.6 Å². The number of nitrogens with one attached hydrogen (secondary N) is 1. The number of hydrogen-bond acceptors (Lipinski definition) is 5. The van der Waals surface area contributed by atoms with Crippen LogP contribution in [0.4, 0.5) is 13.2 Å². The summed E-state index contributed by atoms with van der Waals surface area (Å²) < 4.78 is 47.1. The first-order valence-corrected chi connectivity index (χ1v) is 9.09. The minimum Gasteiger partial charge on any atom is -0.468 e. The minimum atomic E-state index is -4.44. The molecule has 1 fully saturated rings. The lowest BCUT2D eigenvalue weighted by Gasteiger charge is -2.34. The molecule has 0 radical (unpaired) electrons. The Morgan fingerprint density at radius 1 is 1.46 bits per heavy atom. The van der Waals surface area contributed by atoms with Crippen molar-refractivity contribution >= 4 is 11.9 Å². The van der Waals surface area contributed by atoms with Crippen LogP contribution >= 0.6 is 0 Å². The molecule has 1 aromatic heterocycles. The van der Waals surface area contributed by atoms with Gasteiger partial charge in [-0.3, -0.25) is 9.79 Å². The minimum absolute atomic E-state index is 0.0779. The number of piperidine rings is 1. The molecule has 2 rings (SSSR count). The van der Waals surface area contributed by atoms with E-state index < -0.39 is 12.8 Å². The molecule has 0 amide bonds. The highest BCUT2D eigenvalue weighted by Crippen LogP contribution is 2.21. The smallest absolute Gasteiger partial charge is 0.422 e. The van der Waals surface area contributed by atoms with E-state index in [1.807, 2.05) is 4.90 Å². The van der Waals surface area contributed by atoms with Crippen LogP contribution < -0.4 is 10.1 Å². The van der Waals surface area contributed by atoms with Gasteiger partial charge in [-0.15, -0.1) is 0 Å². The molecule has 156 valence electrons. The molecule has 7 nitrogen and oxygen atoms in total. The summed E-state index contributed by atoms with van der Waals surface area (Å²) in [5.41, 5.74) is 0.479. The van der Waals surface area contributed by atoms with Crippen molar-refractivity contribution < 1.29 is 27.4 Å². The molecule has 1 saturated heterocycles. The molecule has 1 N–H and O–H groups in total. The van der Waals surface area contributed by atoms with Crippen LogP contribution in [0, 0.1) is 5.92 Å². The van der Waals surface area contributed by atoms with Gasteiger partial charge in [0.05, 0.1) is 12.5 Å². The first-order chi connectivity index (χ1) is 13.3. The number of carbonyl (C=O) groups is 1. The zero-order chi connectivity index (χ0) is 20.6. The van der Waals surface area contributed by atoms with Crippen molar-refractivity contribution in [2.75, 3.05) is 33.4 Å². The van der Waals surface area contributed by atoms with Gasteiger partial charge in [0.1, 0.15) is 0 Å². The molecule has 1 aromatic rings. The van der Waals surface area contributed by atoms with E-state index in [9.17, 15) is 18.0 Å². The summed E-state index contributed by atoms with van der Waals surface area (Å²) in [6.45, 7) is 2.09. The first-order valence-electron chi connectivity index (χ1n) is 9.09. The summed E-state index contributed by atoms with van der Waals surface area (Å²) in [7, 11) is 1.61. The average Bonchev–Trinajstić information content (AvgIpc) is 2.67. The molecule has 0 saturated carbocycles. The molecular weight excluding hydrogens is 377 g/mol. The van der Waals surface area contributed by atoms with Crippen LogP contribution in [0.15, 0.2) is 23.3 Å². The number of aliphatic imine (C=N–C) groups is 1. The molecule has 0 bridgehead atoms. The molecule has 10 heteroatoms. The molecule has 1 aliphatic rings. The third kappa shape index (κ3) is 6.58. The van der Waals surface area contributed by atoms with Crippen LogP contribution in [0.3, 0.4) is 0 Å². The number of halogens is 3. The van der Waals surface area contributed by atoms with Crippen molar-refractivity contribution in [2.45, 2.75) is 32.5 Å². The molecular formula is C18H25F3N4O3. The second-order valence-corrected chi connectivity index (χ2v) is 6.31. The lowest BCUT2D eigenvalue weighted by molar-refractivity contribution is -0.154. The third-order valence-corrected chi connectivity index (χ3v) is 4.21. The fourth-order valence-electron chi connectivity index (χ4n) is 2.97. The molecule has 1 atom stereocenters. The Hall–Kier alpha value is -2.52. The molecule has 0 spiro atoms. The maximum atomic E-state index is 12.4. The molecule has 2 heterocycles. The lowest BCUT2D eigenvalue weighted by Crippen LogP contribution is -2.48. The SMILES string of the molecule is CCOC(=O)C1CCCN(C(=NC)NCc2cccnc2OCC(F)(F)F)C1. The molecule has 0 aliphatic carbocycles. The van der Waals surface area contributed by atoms with Crippen molar-refractivity contribution in [1.29, 1.82) is 0 Å². The van der Waals surface area contributed by atoms with Gasteiger partial charge in [-0.2, -0.15) is 13.2 Å². The fraction of sp³-hybridized carbons (Fsp3) is 0.611. The summed E-state index contributed by atoms with van der Waals surface area (Å²) in [5, 5.41) is 3.11. The number of carbonyl (C=O) groups excluding carboxylic acids is 1. The van der Waals surface area contributed by atoms with Gasteiger partial charge < -0.3 is 19.7 Å². The summed E-state index contributed by atoms with van der Waals surface area (Å²) in [6.07, 6.45) is -1.49. The van der Waals surface area contributed by atoms with Gasteiger partial charge in [-0.05, 0) is 25.8 Å². The number of likely N-dealkylation sites (tertiary alicyclic amines) is 1. The number of guanidine groups is 1. The molecule has 1 unspecified atom stereocenters. The van der Waals surface area contributed by atoms with Crippen molar-refractivity contribution in [2.24, 2.45) is 10.9 Å². The van der Waals surface area contributed by atoms with Crippen molar-refractivity contribution in [1.82, 2.24) is 15.2 Å². The predicted octanol–water partition coefficient (Wildman–Crippen LogP) is 2.37. The van der Waals surface area contributed by atoms with Crippen LogP contribution in [0.5, 0.6) is 5.88 Å². The Bertz CT molecular complexity index is 682. The normalized spacial score (nSPS) is 18.0. The topological polar surface area (TPSA) is 76.0 Å². The van der Waals surface area contributed by atoms with E-state index in [4.69, 9.17) is 9.47 Å². The number of rotatable bonds is 6. The van der Waals surface area contributed by atoms with Gasteiger partial charge >= 0.3 is 12.1 Å². The number of pyridine rings is 1. The zero-order valence-electron chi connectivity index (χ0n) is 16.0. The van der Waals surface area contributed by atoms with Gasteiger partial charge in [0.25, 0.3) is 0 Å². The standard InChI is InChI=1S/C18H25F3N4O3/c1-3-27-16(26)14-7-5-9-25(11-14)17(22-2)24-10-13-6-4-8-23-15(13)28-12-18(19,20)21/h4,6,8,14H,3,5,7,9-12H2,1-2H3,(H,22,24). The molecule has 1 aliphatic heterocycles. The first kappa shape index (κ1) is 21.8. The Morgan fingerprint density at radius 3 is 2.93 bits per heavy atom. The van der Waals surface area contributed by atoms with Crippen LogP contribution in [-0.4, -0.2) is 61.3 Å². The second kappa shape index (κ2) is 10.1. The van der Waals surface area contributed by atoms with Crippen LogP contribution in [0.25, 0.3) is 0 Å². The Labute approximate surface area is 161 Å². The summed E-state index contributed by atoms with van der Waals surface area (Å²) in [5.74, 6) is 0.0273. The summed E-state index contributed by atoms with van der Waals surface area (Å²) in [6, 6.07) is 3.26. The largest absolute Gasteiger partial charge is 0.468 e. The van der Waals surface area contributed by atoms with Crippen molar-refractivity contribution in [3.63, 3.8) is 0 Å². The maximum absolute atomic E-state index is 12.4. The van der Waals surface area contributed by atoms with Gasteiger partial charge in [-0.25, -0.2) is 4.98 Å². The number of esters is 1. The second-order valence-electron chi connectivity index (χ2n) is 6.31. The van der Waals surface area contributed by atoms with Gasteiger partial charge in [-0.1, -0.05) is 6.07 Å². The number of aromatic nitrogens is 1. The summed E-state index contributed by atoms with van der Waals surface area (Å²) in [4.78, 5) is 22.0.